The minimum Gasteiger partial charge on any atom is -0.462 e. The van der Waals surface area contributed by atoms with E-state index in [4.69, 9.17) is 37.0 Å². The van der Waals surface area contributed by atoms with Gasteiger partial charge in [0.05, 0.1) is 26.4 Å². The van der Waals surface area contributed by atoms with Crippen LogP contribution in [0.15, 0.2) is 134 Å². The minimum atomic E-state index is -4.99. The average Bonchev–Trinajstić information content (AvgIpc) is 0.901. The van der Waals surface area contributed by atoms with Gasteiger partial charge in [-0.3, -0.25) is 37.3 Å². The number of aliphatic hydroxyl groups excluding tert-OH is 1. The molecule has 19 heteroatoms. The van der Waals surface area contributed by atoms with Gasteiger partial charge in [0.2, 0.25) is 0 Å². The van der Waals surface area contributed by atoms with Crippen molar-refractivity contribution in [3.8, 4) is 0 Å². The van der Waals surface area contributed by atoms with Gasteiger partial charge in [-0.05, 0) is 161 Å². The number of allylic oxidation sites excluding steroid dienone is 22. The summed E-state index contributed by atoms with van der Waals surface area (Å²) in [5.74, 6) is -2.23. The van der Waals surface area contributed by atoms with Gasteiger partial charge in [0, 0.05) is 25.7 Å². The number of phosphoric ester groups is 2. The van der Waals surface area contributed by atoms with Crippen LogP contribution < -0.4 is 0 Å². The van der Waals surface area contributed by atoms with Crippen molar-refractivity contribution in [3.63, 3.8) is 0 Å². The van der Waals surface area contributed by atoms with Crippen LogP contribution in [0.2, 0.25) is 0 Å². The maximum atomic E-state index is 13.1. The summed E-state index contributed by atoms with van der Waals surface area (Å²) in [6.45, 7) is 4.58. The second-order valence-electron chi connectivity index (χ2n) is 27.3. The lowest BCUT2D eigenvalue weighted by molar-refractivity contribution is -0.161. The summed E-state index contributed by atoms with van der Waals surface area (Å²) in [7, 11) is -9.98. The molecule has 0 fully saturated rings. The van der Waals surface area contributed by atoms with E-state index in [9.17, 15) is 43.2 Å². The maximum absolute atomic E-state index is 13.1. The van der Waals surface area contributed by atoms with Crippen LogP contribution in [-0.2, 0) is 65.4 Å². The van der Waals surface area contributed by atoms with Crippen molar-refractivity contribution in [2.75, 3.05) is 39.6 Å². The molecular weight excluding hydrogens is 1380 g/mol. The molecule has 0 aromatic carbocycles. The van der Waals surface area contributed by atoms with Gasteiger partial charge in [-0.1, -0.05) is 283 Å². The van der Waals surface area contributed by atoms with E-state index < -0.39 is 97.5 Å². The van der Waals surface area contributed by atoms with Crippen LogP contribution in [0, 0.1) is 0 Å². The van der Waals surface area contributed by atoms with Gasteiger partial charge >= 0.3 is 39.5 Å². The Kier molecular flexibility index (Phi) is 74.8. The van der Waals surface area contributed by atoms with Crippen molar-refractivity contribution >= 4 is 39.5 Å². The highest BCUT2D eigenvalue weighted by molar-refractivity contribution is 7.47. The van der Waals surface area contributed by atoms with Crippen LogP contribution >= 0.6 is 15.6 Å². The molecule has 0 aromatic rings. The second-order valence-corrected chi connectivity index (χ2v) is 30.2. The SMILES string of the molecule is CC/C=C\C/C=C\C/C=C\C/C=C\CCCCCCCCC(=O)OCC(COP(=O)(O)OCC(O)COP(=O)(O)OCC(COC(=O)CCCCCCCC/C=C\C/C=C\C/C=C\CCCCC)OC(=O)CCCCCCC/C=C\C/C=C\C/C=C\CC)OC(=O)CCCCCCC/C=C\CCCCCC. The summed E-state index contributed by atoms with van der Waals surface area (Å²) in [5, 5.41) is 10.7. The first kappa shape index (κ1) is 101. The first-order valence-electron chi connectivity index (χ1n) is 41.4. The zero-order valence-corrected chi connectivity index (χ0v) is 68.4. The number of carbonyl (C=O) groups is 4. The molecule has 0 heterocycles. The highest BCUT2D eigenvalue weighted by atomic mass is 31.2. The van der Waals surface area contributed by atoms with E-state index >= 15 is 0 Å². The monoisotopic (exact) mass is 1530 g/mol. The van der Waals surface area contributed by atoms with Gasteiger partial charge in [0.15, 0.2) is 12.2 Å². The van der Waals surface area contributed by atoms with Crippen molar-refractivity contribution in [2.24, 2.45) is 0 Å². The number of hydrogen-bond donors (Lipinski definition) is 3. The number of esters is 4. The Hall–Kier alpha value is -4.80. The van der Waals surface area contributed by atoms with E-state index in [2.05, 4.69) is 161 Å². The number of carbonyl (C=O) groups excluding carboxylic acids is 4. The Morgan fingerprint density at radius 1 is 0.274 bits per heavy atom. The third-order valence-corrected chi connectivity index (χ3v) is 19.0. The molecule has 0 radical (unpaired) electrons. The molecule has 5 unspecified atom stereocenters. The van der Waals surface area contributed by atoms with E-state index in [0.29, 0.717) is 25.7 Å². The zero-order chi connectivity index (χ0) is 77.4. The minimum absolute atomic E-state index is 0.0697. The Labute approximate surface area is 644 Å². The Morgan fingerprint density at radius 2 is 0.491 bits per heavy atom. The van der Waals surface area contributed by atoms with Crippen LogP contribution in [0.5, 0.6) is 0 Å². The fraction of sp³-hybridized carbons (Fsp3) is 0.701. The van der Waals surface area contributed by atoms with Crippen molar-refractivity contribution in [1.82, 2.24) is 0 Å². The molecule has 0 bridgehead atoms. The first-order chi connectivity index (χ1) is 51.7. The molecule has 3 N–H and O–H groups in total. The van der Waals surface area contributed by atoms with Crippen molar-refractivity contribution in [1.29, 1.82) is 0 Å². The van der Waals surface area contributed by atoms with Gasteiger partial charge in [0.25, 0.3) is 0 Å². The molecular formula is C87H148O17P2. The number of rotatable bonds is 77. The van der Waals surface area contributed by atoms with Gasteiger partial charge in [-0.25, -0.2) is 9.13 Å². The van der Waals surface area contributed by atoms with E-state index in [-0.39, 0.29) is 25.7 Å². The summed E-state index contributed by atoms with van der Waals surface area (Å²) in [4.78, 5) is 73.1. The van der Waals surface area contributed by atoms with Crippen LogP contribution in [-0.4, -0.2) is 96.7 Å². The number of aliphatic hydroxyl groups is 1. The molecule has 0 aliphatic carbocycles. The quantitative estimate of drug-likeness (QED) is 0.0169. The molecule has 0 aromatic heterocycles. The molecule has 0 aliphatic rings. The molecule has 0 spiro atoms. The average molecular weight is 1530 g/mol. The Balaban J connectivity index is 5.38. The lowest BCUT2D eigenvalue weighted by Crippen LogP contribution is -2.30. The van der Waals surface area contributed by atoms with Crippen molar-refractivity contribution < 1.29 is 80.2 Å². The van der Waals surface area contributed by atoms with Crippen LogP contribution in [0.25, 0.3) is 0 Å². The lowest BCUT2D eigenvalue weighted by atomic mass is 10.1. The lowest BCUT2D eigenvalue weighted by Gasteiger charge is -2.21. The number of unbranched alkanes of at least 4 members (excludes halogenated alkanes) is 29. The predicted octanol–water partition coefficient (Wildman–Crippen LogP) is 24.4. The molecule has 5 atom stereocenters. The summed E-state index contributed by atoms with van der Waals surface area (Å²) in [6.07, 6.45) is 88.4. The zero-order valence-electron chi connectivity index (χ0n) is 66.6. The summed E-state index contributed by atoms with van der Waals surface area (Å²) in [6, 6.07) is 0. The Bertz CT molecular complexity index is 2530. The third kappa shape index (κ3) is 77.4. The molecule has 0 saturated carbocycles. The summed E-state index contributed by atoms with van der Waals surface area (Å²) < 4.78 is 68.7. The predicted molar refractivity (Wildman–Crippen MR) is 436 cm³/mol. The summed E-state index contributed by atoms with van der Waals surface area (Å²) >= 11 is 0. The second kappa shape index (κ2) is 78.3. The normalized spacial score (nSPS) is 14.5. The summed E-state index contributed by atoms with van der Waals surface area (Å²) in [5.41, 5.74) is 0. The molecule has 0 aliphatic heterocycles. The fourth-order valence-electron chi connectivity index (χ4n) is 10.8. The van der Waals surface area contributed by atoms with E-state index in [0.717, 1.165) is 212 Å². The smallest absolute Gasteiger partial charge is 0.462 e. The Morgan fingerprint density at radius 3 is 0.783 bits per heavy atom. The molecule has 0 amide bonds. The number of hydrogen-bond acceptors (Lipinski definition) is 15. The van der Waals surface area contributed by atoms with Gasteiger partial charge in [-0.15, -0.1) is 0 Å². The fourth-order valence-corrected chi connectivity index (χ4v) is 12.4. The molecule has 17 nitrogen and oxygen atoms in total. The van der Waals surface area contributed by atoms with Crippen LogP contribution in [0.1, 0.15) is 336 Å². The number of ether oxygens (including phenoxy) is 4. The first-order valence-corrected chi connectivity index (χ1v) is 44.4. The van der Waals surface area contributed by atoms with Crippen molar-refractivity contribution in [3.05, 3.63) is 134 Å². The van der Waals surface area contributed by atoms with E-state index in [1.54, 1.807) is 0 Å². The van der Waals surface area contributed by atoms with Crippen molar-refractivity contribution in [2.45, 2.75) is 354 Å². The van der Waals surface area contributed by atoms with Gasteiger partial charge in [0.1, 0.15) is 19.3 Å². The maximum Gasteiger partial charge on any atom is 0.472 e. The topological polar surface area (TPSA) is 237 Å². The molecule has 0 saturated heterocycles. The highest BCUT2D eigenvalue weighted by Crippen LogP contribution is 2.45. The standard InChI is InChI=1S/C87H148O17P2/c1-5-9-13-17-21-25-29-33-36-38-40-42-45-48-51-55-59-63-67-71-84(89)97-77-82(103-86(91)73-69-65-61-57-53-47-32-28-24-20-16-12-8-4)79-101-105(93,94)99-75-81(88)76-100-106(95,96)102-80-83(104-87(92)74-70-66-62-58-54-50-44-35-31-27-23-19-15-11-7-3)78-98-85(90)72-68-64-60-56-52-49-46-43-41-39-37-34-30-26-22-18-14-10-6-2/h9,11,13,15,21-23,25-28,32-37,40-44,81-83,88H,5-8,10,12,14,16-20,24,29-31,38-39,45-80H2,1-4H3,(H,93,94)(H,95,96)/b13-9-,15-11-,25-21-,26-22-,27-23-,32-28-,36-33-,37-34-,42-40-,43-41-,44-35-. The molecule has 106 heavy (non-hydrogen) atoms. The number of phosphoric acid groups is 2. The molecule has 608 valence electrons. The highest BCUT2D eigenvalue weighted by Gasteiger charge is 2.30. The van der Waals surface area contributed by atoms with E-state index in [1.165, 1.54) is 44.9 Å². The third-order valence-electron chi connectivity index (χ3n) is 17.1. The van der Waals surface area contributed by atoms with Crippen LogP contribution in [0.4, 0.5) is 0 Å². The molecule has 0 rings (SSSR count). The van der Waals surface area contributed by atoms with Gasteiger partial charge in [-0.2, -0.15) is 0 Å². The van der Waals surface area contributed by atoms with Crippen LogP contribution in [0.3, 0.4) is 0 Å². The van der Waals surface area contributed by atoms with E-state index in [1.807, 2.05) is 0 Å². The largest absolute Gasteiger partial charge is 0.472 e. The van der Waals surface area contributed by atoms with Gasteiger partial charge < -0.3 is 33.8 Å².